The molecule has 2 N–H and O–H groups in total. The van der Waals surface area contributed by atoms with E-state index in [1.807, 2.05) is 0 Å². The molecule has 10 nitrogen and oxygen atoms in total. The first-order chi connectivity index (χ1) is 14.2. The van der Waals surface area contributed by atoms with Crippen molar-refractivity contribution in [2.45, 2.75) is 13.8 Å². The summed E-state index contributed by atoms with van der Waals surface area (Å²) in [5, 5.41) is 40.3. The van der Waals surface area contributed by atoms with E-state index in [-0.39, 0.29) is 58.9 Å². The fourth-order valence-electron chi connectivity index (χ4n) is 2.23. The molecule has 11 heteroatoms. The van der Waals surface area contributed by atoms with E-state index in [9.17, 15) is 29.4 Å². The van der Waals surface area contributed by atoms with E-state index in [0.717, 1.165) is 12.1 Å². The molecule has 0 radical (unpaired) electrons. The number of aromatic carboxylic acids is 2. The zero-order valence-corrected chi connectivity index (χ0v) is 18.2. The van der Waals surface area contributed by atoms with Crippen LogP contribution >= 0.6 is 0 Å². The van der Waals surface area contributed by atoms with Crippen LogP contribution in [0, 0.1) is 0 Å². The fraction of sp³-hybridized carbons (Fsp3) is 0.200. The van der Waals surface area contributed by atoms with Crippen LogP contribution in [0.5, 0.6) is 23.0 Å². The summed E-state index contributed by atoms with van der Waals surface area (Å²) in [7, 11) is 0. The van der Waals surface area contributed by atoms with Gasteiger partial charge in [0.05, 0.1) is 24.3 Å². The van der Waals surface area contributed by atoms with Crippen LogP contribution in [-0.4, -0.2) is 71.0 Å². The Balaban J connectivity index is 0.000000562. The van der Waals surface area contributed by atoms with Crippen molar-refractivity contribution in [2.24, 2.45) is 0 Å². The van der Waals surface area contributed by atoms with Gasteiger partial charge >= 0.3 is 35.0 Å². The summed E-state index contributed by atoms with van der Waals surface area (Å²) in [5.74, 6) is -4.39. The zero-order valence-electron chi connectivity index (χ0n) is 16.7. The van der Waals surface area contributed by atoms with Crippen LogP contribution in [0.3, 0.4) is 0 Å². The van der Waals surface area contributed by atoms with Crippen molar-refractivity contribution in [1.29, 1.82) is 0 Å². The van der Waals surface area contributed by atoms with Crippen LogP contribution in [0.1, 0.15) is 55.3 Å². The quantitative estimate of drug-likeness (QED) is 0.442. The molecule has 0 aliphatic rings. The molecule has 2 aromatic rings. The molecule has 0 unspecified atom stereocenters. The van der Waals surface area contributed by atoms with Gasteiger partial charge in [-0.25, -0.2) is 9.59 Å². The van der Waals surface area contributed by atoms with Crippen molar-refractivity contribution in [3.05, 3.63) is 46.5 Å². The maximum atomic E-state index is 11.4. The van der Waals surface area contributed by atoms with Crippen LogP contribution in [0.4, 0.5) is 0 Å². The first-order valence-electron chi connectivity index (χ1n) is 8.52. The van der Waals surface area contributed by atoms with Gasteiger partial charge in [-0.3, -0.25) is 9.59 Å². The minimum Gasteiger partial charge on any atom is -0.869 e. The molecule has 0 saturated carbocycles. The molecule has 31 heavy (non-hydrogen) atoms. The largest absolute Gasteiger partial charge is 2.00 e. The number of rotatable bonds is 8. The summed E-state index contributed by atoms with van der Waals surface area (Å²) in [6.45, 7) is 3.79. The van der Waals surface area contributed by atoms with Crippen LogP contribution in [0.2, 0.25) is 0 Å². The van der Waals surface area contributed by atoms with E-state index in [1.54, 1.807) is 13.8 Å². The van der Waals surface area contributed by atoms with E-state index < -0.39 is 34.6 Å². The van der Waals surface area contributed by atoms with E-state index in [0.29, 0.717) is 12.6 Å². The van der Waals surface area contributed by atoms with Gasteiger partial charge in [0.2, 0.25) is 0 Å². The topological polar surface area (TPSA) is 173 Å². The van der Waals surface area contributed by atoms with E-state index in [4.69, 9.17) is 19.7 Å². The molecule has 0 heterocycles. The van der Waals surface area contributed by atoms with Crippen LogP contribution in [0.15, 0.2) is 24.3 Å². The Hall–Kier alpha value is -3.31. The Morgan fingerprint density at radius 1 is 0.806 bits per heavy atom. The van der Waals surface area contributed by atoms with Gasteiger partial charge in [0, 0.05) is 11.1 Å². The number of ether oxygens (including phenoxy) is 2. The molecular weight excluding hydrogens is 425 g/mol. The summed E-state index contributed by atoms with van der Waals surface area (Å²) in [6.07, 6.45) is 0.933. The minimum absolute atomic E-state index is 0. The Bertz CT molecular complexity index is 878. The standard InChI is InChI=1S/2C10H10O5.Mg/c2*1-2-15-8-4-6(5-11)3-7(9(8)12)10(13)14;/h2*3-5,12H,2H2,1H3,(H,13,14);/q;;+2/p-2. The Kier molecular flexibility index (Phi) is 11.7. The maximum Gasteiger partial charge on any atom is 2.00 e. The number of carboxylic acid groups (broad SMARTS) is 2. The Morgan fingerprint density at radius 2 is 1.13 bits per heavy atom. The third-order valence-electron chi connectivity index (χ3n) is 3.49. The van der Waals surface area contributed by atoms with Gasteiger partial charge in [-0.2, -0.15) is 0 Å². The molecule has 0 fully saturated rings. The normalized spacial score (nSPS) is 9.35. The first-order valence-corrected chi connectivity index (χ1v) is 8.52. The zero-order chi connectivity index (χ0) is 22.8. The van der Waals surface area contributed by atoms with Crippen molar-refractivity contribution >= 4 is 47.6 Å². The molecule has 2 rings (SSSR count). The molecule has 0 amide bonds. The smallest absolute Gasteiger partial charge is 0.869 e. The molecule has 0 atom stereocenters. The van der Waals surface area contributed by atoms with Gasteiger partial charge in [-0.1, -0.05) is 11.5 Å². The van der Waals surface area contributed by atoms with Gasteiger partial charge < -0.3 is 29.9 Å². The Labute approximate surface area is 193 Å². The van der Waals surface area contributed by atoms with Crippen LogP contribution in [0.25, 0.3) is 0 Å². The summed E-state index contributed by atoms with van der Waals surface area (Å²) >= 11 is 0. The van der Waals surface area contributed by atoms with E-state index in [2.05, 4.69) is 0 Å². The summed E-state index contributed by atoms with van der Waals surface area (Å²) in [4.78, 5) is 42.3. The monoisotopic (exact) mass is 442 g/mol. The van der Waals surface area contributed by atoms with Crippen LogP contribution < -0.4 is 19.7 Å². The Morgan fingerprint density at radius 3 is 1.35 bits per heavy atom. The van der Waals surface area contributed by atoms with Gasteiger partial charge in [0.1, 0.15) is 24.1 Å². The van der Waals surface area contributed by atoms with Crippen molar-refractivity contribution in [3.63, 3.8) is 0 Å². The van der Waals surface area contributed by atoms with Gasteiger partial charge in [0.25, 0.3) is 0 Å². The summed E-state index contributed by atoms with van der Waals surface area (Å²) < 4.78 is 9.87. The molecular formula is C20H18MgO10. The second kappa shape index (κ2) is 13.1. The summed E-state index contributed by atoms with van der Waals surface area (Å²) in [6, 6.07) is 4.51. The van der Waals surface area contributed by atoms with Crippen molar-refractivity contribution < 1.29 is 49.1 Å². The number of carbonyl (C=O) groups is 4. The molecule has 0 spiro atoms. The second-order valence-corrected chi connectivity index (χ2v) is 5.50. The maximum absolute atomic E-state index is 11.4. The van der Waals surface area contributed by atoms with Gasteiger partial charge in [0.15, 0.2) is 0 Å². The third-order valence-corrected chi connectivity index (χ3v) is 3.49. The van der Waals surface area contributed by atoms with Gasteiger partial charge in [-0.05, 0) is 38.1 Å². The van der Waals surface area contributed by atoms with E-state index in [1.165, 1.54) is 12.1 Å². The molecule has 160 valence electrons. The predicted octanol–water partition coefficient (Wildman–Crippen LogP) is 0.958. The molecule has 0 aromatic heterocycles. The number of carboxylic acids is 2. The molecule has 0 saturated heterocycles. The van der Waals surface area contributed by atoms with E-state index >= 15 is 0 Å². The number of aldehydes is 2. The molecule has 0 aliphatic carbocycles. The summed E-state index contributed by atoms with van der Waals surface area (Å²) in [5.41, 5.74) is -0.697. The number of carbonyl (C=O) groups excluding carboxylic acids is 2. The SMILES string of the molecule is CCOc1cc(C=O)cc(C(=O)O)c1[O-].CCOc1cc(C=O)cc(C(=O)O)c1[O-].[Mg+2]. The van der Waals surface area contributed by atoms with Crippen LogP contribution in [-0.2, 0) is 0 Å². The molecule has 2 aromatic carbocycles. The first kappa shape index (κ1) is 27.7. The second-order valence-electron chi connectivity index (χ2n) is 5.50. The average Bonchev–Trinajstić information content (AvgIpc) is 2.71. The van der Waals surface area contributed by atoms with Crippen molar-refractivity contribution in [2.75, 3.05) is 13.2 Å². The average molecular weight is 443 g/mol. The predicted molar refractivity (Wildman–Crippen MR) is 105 cm³/mol. The van der Waals surface area contributed by atoms with Crippen molar-refractivity contribution in [1.82, 2.24) is 0 Å². The minimum atomic E-state index is -1.37. The van der Waals surface area contributed by atoms with Crippen molar-refractivity contribution in [3.8, 4) is 23.0 Å². The number of benzene rings is 2. The number of hydrogen-bond acceptors (Lipinski definition) is 8. The third kappa shape index (κ3) is 7.46. The number of hydrogen-bond donors (Lipinski definition) is 2. The fourth-order valence-corrected chi connectivity index (χ4v) is 2.23. The molecule has 0 aliphatic heterocycles. The molecule has 0 bridgehead atoms. The van der Waals surface area contributed by atoms with Gasteiger partial charge in [-0.15, -0.1) is 0 Å².